The number of furan rings is 1. The van der Waals surface area contributed by atoms with Crippen molar-refractivity contribution in [1.29, 1.82) is 0 Å². The van der Waals surface area contributed by atoms with Gasteiger partial charge in [-0.05, 0) is 18.1 Å². The Morgan fingerprint density at radius 3 is 2.90 bits per heavy atom. The second kappa shape index (κ2) is 6.76. The van der Waals surface area contributed by atoms with E-state index in [9.17, 15) is 14.7 Å². The number of aliphatic hydroxyl groups is 1. The zero-order valence-corrected chi connectivity index (χ0v) is 12.4. The van der Waals surface area contributed by atoms with E-state index in [2.05, 4.69) is 5.32 Å². The number of rotatable bonds is 6. The van der Waals surface area contributed by atoms with Crippen LogP contribution in [0.25, 0.3) is 0 Å². The third kappa shape index (κ3) is 3.85. The maximum Gasteiger partial charge on any atom is 0.225 e. The van der Waals surface area contributed by atoms with Crippen LogP contribution < -0.4 is 5.32 Å². The van der Waals surface area contributed by atoms with E-state index >= 15 is 0 Å². The summed E-state index contributed by atoms with van der Waals surface area (Å²) in [6.07, 6.45) is 1.78. The molecule has 0 bridgehead atoms. The predicted molar refractivity (Wildman–Crippen MR) is 76.1 cm³/mol. The fourth-order valence-electron chi connectivity index (χ4n) is 2.41. The van der Waals surface area contributed by atoms with Gasteiger partial charge in [0.25, 0.3) is 0 Å². The van der Waals surface area contributed by atoms with Gasteiger partial charge < -0.3 is 19.7 Å². The molecule has 2 unspecified atom stereocenters. The molecule has 2 N–H and O–H groups in total. The van der Waals surface area contributed by atoms with Crippen molar-refractivity contribution in [3.63, 3.8) is 0 Å². The van der Waals surface area contributed by atoms with Gasteiger partial charge in [-0.1, -0.05) is 13.8 Å². The monoisotopic (exact) mass is 294 g/mol. The van der Waals surface area contributed by atoms with Crippen molar-refractivity contribution in [2.75, 3.05) is 13.2 Å². The van der Waals surface area contributed by atoms with E-state index < -0.39 is 0 Å². The molecule has 1 aromatic heterocycles. The molecule has 2 rings (SSSR count). The fourth-order valence-corrected chi connectivity index (χ4v) is 2.41. The Labute approximate surface area is 124 Å². The summed E-state index contributed by atoms with van der Waals surface area (Å²) in [5.41, 5.74) is 0. The molecule has 1 fully saturated rings. The van der Waals surface area contributed by atoms with E-state index in [-0.39, 0.29) is 42.7 Å². The zero-order valence-electron chi connectivity index (χ0n) is 12.4. The van der Waals surface area contributed by atoms with Gasteiger partial charge in [-0.2, -0.15) is 0 Å². The lowest BCUT2D eigenvalue weighted by Crippen LogP contribution is -2.44. The highest BCUT2D eigenvalue weighted by Gasteiger charge is 2.35. The smallest absolute Gasteiger partial charge is 0.225 e. The number of aliphatic hydroxyl groups excluding tert-OH is 1. The lowest BCUT2D eigenvalue weighted by Gasteiger charge is -2.22. The summed E-state index contributed by atoms with van der Waals surface area (Å²) in [4.78, 5) is 25.8. The Kier molecular flexibility index (Phi) is 5.01. The van der Waals surface area contributed by atoms with E-state index in [1.165, 1.54) is 0 Å². The van der Waals surface area contributed by atoms with Crippen LogP contribution in [-0.4, -0.2) is 41.0 Å². The Morgan fingerprint density at radius 1 is 1.57 bits per heavy atom. The largest absolute Gasteiger partial charge is 0.467 e. The van der Waals surface area contributed by atoms with Gasteiger partial charge in [0, 0.05) is 13.0 Å². The van der Waals surface area contributed by atoms with Crippen molar-refractivity contribution in [3.8, 4) is 0 Å². The predicted octanol–water partition coefficient (Wildman–Crippen LogP) is 0.761. The van der Waals surface area contributed by atoms with Crippen LogP contribution in [0.5, 0.6) is 0 Å². The van der Waals surface area contributed by atoms with Gasteiger partial charge in [-0.15, -0.1) is 0 Å². The highest BCUT2D eigenvalue weighted by Crippen LogP contribution is 2.21. The number of carbonyl (C=O) groups is 2. The van der Waals surface area contributed by atoms with Crippen LogP contribution in [-0.2, 0) is 16.1 Å². The molecule has 0 aromatic carbocycles. The van der Waals surface area contributed by atoms with Gasteiger partial charge in [0.2, 0.25) is 11.8 Å². The van der Waals surface area contributed by atoms with Crippen LogP contribution >= 0.6 is 0 Å². The van der Waals surface area contributed by atoms with Crippen molar-refractivity contribution in [2.45, 2.75) is 32.9 Å². The molecule has 1 saturated heterocycles. The molecule has 6 nitrogen and oxygen atoms in total. The first-order valence-corrected chi connectivity index (χ1v) is 7.22. The minimum absolute atomic E-state index is 0.0448. The Bertz CT molecular complexity index is 484. The number of likely N-dealkylation sites (tertiary alicyclic amines) is 1. The van der Waals surface area contributed by atoms with Gasteiger partial charge in [0.1, 0.15) is 5.76 Å². The van der Waals surface area contributed by atoms with Gasteiger partial charge in [-0.3, -0.25) is 9.59 Å². The molecule has 2 heterocycles. The average Bonchev–Trinajstić information content (AvgIpc) is 3.06. The molecule has 2 atom stereocenters. The summed E-state index contributed by atoms with van der Waals surface area (Å²) in [5.74, 6) is 0.282. The highest BCUT2D eigenvalue weighted by atomic mass is 16.3. The van der Waals surface area contributed by atoms with Crippen LogP contribution in [0.1, 0.15) is 26.0 Å². The lowest BCUT2D eigenvalue weighted by molar-refractivity contribution is -0.129. The lowest BCUT2D eigenvalue weighted by atomic mass is 10.0. The van der Waals surface area contributed by atoms with Crippen molar-refractivity contribution in [2.24, 2.45) is 11.8 Å². The molecule has 6 heteroatoms. The molecule has 21 heavy (non-hydrogen) atoms. The normalized spacial score (nSPS) is 20.1. The van der Waals surface area contributed by atoms with Gasteiger partial charge in [0.05, 0.1) is 31.4 Å². The first-order chi connectivity index (χ1) is 10.0. The molecular weight excluding hydrogens is 272 g/mol. The molecule has 116 valence electrons. The highest BCUT2D eigenvalue weighted by molar-refractivity contribution is 5.89. The molecule has 0 saturated carbocycles. The first-order valence-electron chi connectivity index (χ1n) is 7.22. The van der Waals surface area contributed by atoms with Crippen LogP contribution in [0.4, 0.5) is 0 Å². The molecule has 0 spiro atoms. The van der Waals surface area contributed by atoms with Crippen LogP contribution in [0.15, 0.2) is 22.8 Å². The Morgan fingerprint density at radius 2 is 2.33 bits per heavy atom. The summed E-state index contributed by atoms with van der Waals surface area (Å²) in [5, 5.41) is 12.1. The summed E-state index contributed by atoms with van der Waals surface area (Å²) < 4.78 is 5.23. The SMILES string of the molecule is CC(C)C(CO)NC(=O)C1CC(=O)N(Cc2ccco2)C1. The minimum atomic E-state index is -0.361. The summed E-state index contributed by atoms with van der Waals surface area (Å²) in [6.45, 7) is 4.55. The number of carbonyl (C=O) groups excluding carboxylic acids is 2. The topological polar surface area (TPSA) is 82.8 Å². The molecule has 0 radical (unpaired) electrons. The number of nitrogens with zero attached hydrogens (tertiary/aromatic N) is 1. The molecule has 2 amide bonds. The third-order valence-corrected chi connectivity index (χ3v) is 3.84. The zero-order chi connectivity index (χ0) is 15.4. The number of nitrogens with one attached hydrogen (secondary N) is 1. The maximum absolute atomic E-state index is 12.2. The quantitative estimate of drug-likeness (QED) is 0.811. The molecule has 1 aliphatic heterocycles. The van der Waals surface area contributed by atoms with Crippen LogP contribution in [0.2, 0.25) is 0 Å². The van der Waals surface area contributed by atoms with Crippen molar-refractivity contribution >= 4 is 11.8 Å². The Balaban J connectivity index is 1.90. The minimum Gasteiger partial charge on any atom is -0.467 e. The van der Waals surface area contributed by atoms with E-state index in [0.29, 0.717) is 18.8 Å². The summed E-state index contributed by atoms with van der Waals surface area (Å²) in [7, 11) is 0. The van der Waals surface area contributed by atoms with Crippen molar-refractivity contribution < 1.29 is 19.1 Å². The van der Waals surface area contributed by atoms with E-state index in [0.717, 1.165) is 0 Å². The van der Waals surface area contributed by atoms with Gasteiger partial charge in [0.15, 0.2) is 0 Å². The Hall–Kier alpha value is -1.82. The second-order valence-corrected chi connectivity index (χ2v) is 5.80. The van der Waals surface area contributed by atoms with Crippen LogP contribution in [0, 0.1) is 11.8 Å². The van der Waals surface area contributed by atoms with E-state index in [1.807, 2.05) is 13.8 Å². The summed E-state index contributed by atoms with van der Waals surface area (Å²) >= 11 is 0. The number of hydrogen-bond acceptors (Lipinski definition) is 4. The molecule has 1 aromatic rings. The van der Waals surface area contributed by atoms with Crippen molar-refractivity contribution in [1.82, 2.24) is 10.2 Å². The van der Waals surface area contributed by atoms with Gasteiger partial charge >= 0.3 is 0 Å². The second-order valence-electron chi connectivity index (χ2n) is 5.80. The maximum atomic E-state index is 12.2. The van der Waals surface area contributed by atoms with E-state index in [1.54, 1.807) is 23.3 Å². The van der Waals surface area contributed by atoms with Crippen molar-refractivity contribution in [3.05, 3.63) is 24.2 Å². The molecule has 0 aliphatic carbocycles. The summed E-state index contributed by atoms with van der Waals surface area (Å²) in [6, 6.07) is 3.31. The first kappa shape index (κ1) is 15.6. The molecule has 1 aliphatic rings. The standard InChI is InChI=1S/C15H22N2O4/c1-10(2)13(9-18)16-15(20)11-6-14(19)17(7-11)8-12-4-3-5-21-12/h3-5,10-11,13,18H,6-9H2,1-2H3,(H,16,20). The fraction of sp³-hybridized carbons (Fsp3) is 0.600. The molecular formula is C15H22N2O4. The average molecular weight is 294 g/mol. The number of amides is 2. The third-order valence-electron chi connectivity index (χ3n) is 3.84. The number of hydrogen-bond donors (Lipinski definition) is 2. The van der Waals surface area contributed by atoms with E-state index in [4.69, 9.17) is 4.42 Å². The van der Waals surface area contributed by atoms with Gasteiger partial charge in [-0.25, -0.2) is 0 Å². The van der Waals surface area contributed by atoms with Crippen LogP contribution in [0.3, 0.4) is 0 Å².